The van der Waals surface area contributed by atoms with Crippen molar-refractivity contribution >= 4 is 11.8 Å². The minimum Gasteiger partial charge on any atom is -0.303 e. The van der Waals surface area contributed by atoms with Crippen molar-refractivity contribution in [3.63, 3.8) is 0 Å². The molecule has 2 heteroatoms. The molecule has 1 nitrogen and oxygen atoms in total. The second-order valence-corrected chi connectivity index (χ2v) is 6.65. The number of hydrogen-bond donors (Lipinski definition) is 0. The average molecular weight is 277 g/mol. The number of benzene rings is 1. The molecule has 0 aliphatic carbocycles. The van der Waals surface area contributed by atoms with E-state index in [1.54, 1.807) is 0 Å². The predicted molar refractivity (Wildman–Crippen MR) is 85.9 cm³/mol. The van der Waals surface area contributed by atoms with Gasteiger partial charge in [-0.1, -0.05) is 37.5 Å². The first-order chi connectivity index (χ1) is 9.45. The molecule has 1 aliphatic rings. The van der Waals surface area contributed by atoms with Crippen LogP contribution in [0.15, 0.2) is 35.2 Å². The number of unbranched alkanes of at least 4 members (excludes halogenated alkanes) is 3. The van der Waals surface area contributed by atoms with Crippen LogP contribution in [0, 0.1) is 0 Å². The summed E-state index contributed by atoms with van der Waals surface area (Å²) in [5.74, 6) is 1.27. The van der Waals surface area contributed by atoms with E-state index in [2.05, 4.69) is 35.2 Å². The molecule has 0 saturated carbocycles. The molecule has 0 bridgehead atoms. The Morgan fingerprint density at radius 1 is 0.842 bits per heavy atom. The molecule has 1 aliphatic heterocycles. The fourth-order valence-corrected chi connectivity index (χ4v) is 3.61. The molecule has 0 spiro atoms. The Labute approximate surface area is 122 Å². The fraction of sp³-hybridized carbons (Fsp3) is 0.647. The van der Waals surface area contributed by atoms with E-state index in [9.17, 15) is 0 Å². The van der Waals surface area contributed by atoms with Crippen LogP contribution in [-0.4, -0.2) is 30.3 Å². The molecule has 106 valence electrons. The van der Waals surface area contributed by atoms with Crippen molar-refractivity contribution in [2.75, 3.05) is 25.4 Å². The van der Waals surface area contributed by atoms with E-state index < -0.39 is 0 Å². The summed E-state index contributed by atoms with van der Waals surface area (Å²) in [7, 11) is 0. The summed E-state index contributed by atoms with van der Waals surface area (Å²) in [5.41, 5.74) is 0. The van der Waals surface area contributed by atoms with Crippen molar-refractivity contribution in [2.45, 2.75) is 49.8 Å². The third-order valence-electron chi connectivity index (χ3n) is 3.83. The average Bonchev–Trinajstić information content (AvgIpc) is 2.48. The van der Waals surface area contributed by atoms with Gasteiger partial charge in [0.2, 0.25) is 0 Å². The number of hydrogen-bond acceptors (Lipinski definition) is 2. The van der Waals surface area contributed by atoms with E-state index in [-0.39, 0.29) is 0 Å². The molecule has 1 aromatic rings. The summed E-state index contributed by atoms with van der Waals surface area (Å²) in [6, 6.07) is 10.8. The summed E-state index contributed by atoms with van der Waals surface area (Å²) in [6.07, 6.45) is 9.86. The van der Waals surface area contributed by atoms with E-state index >= 15 is 0 Å². The molecule has 1 fully saturated rings. The van der Waals surface area contributed by atoms with Gasteiger partial charge in [0.1, 0.15) is 0 Å². The highest BCUT2D eigenvalue weighted by Crippen LogP contribution is 2.19. The Morgan fingerprint density at radius 3 is 2.37 bits per heavy atom. The minimum atomic E-state index is 1.27. The van der Waals surface area contributed by atoms with Gasteiger partial charge in [-0.25, -0.2) is 0 Å². The van der Waals surface area contributed by atoms with Gasteiger partial charge in [0.05, 0.1) is 0 Å². The van der Waals surface area contributed by atoms with Crippen LogP contribution in [0.2, 0.25) is 0 Å². The number of thioether (sulfide) groups is 1. The Kier molecular flexibility index (Phi) is 7.41. The third kappa shape index (κ3) is 6.49. The molecule has 2 rings (SSSR count). The summed E-state index contributed by atoms with van der Waals surface area (Å²) >= 11 is 2.00. The summed E-state index contributed by atoms with van der Waals surface area (Å²) in [6.45, 7) is 4.04. The van der Waals surface area contributed by atoms with Gasteiger partial charge in [-0.05, 0) is 63.2 Å². The van der Waals surface area contributed by atoms with Crippen LogP contribution in [0.4, 0.5) is 0 Å². The maximum absolute atomic E-state index is 2.65. The van der Waals surface area contributed by atoms with E-state index in [0.29, 0.717) is 0 Å². The van der Waals surface area contributed by atoms with Gasteiger partial charge in [0.15, 0.2) is 0 Å². The van der Waals surface area contributed by atoms with Crippen molar-refractivity contribution in [1.29, 1.82) is 0 Å². The smallest absolute Gasteiger partial charge is 0.00719 e. The molecule has 0 N–H and O–H groups in total. The predicted octanol–water partition coefficient (Wildman–Crippen LogP) is 4.83. The Bertz CT molecular complexity index is 319. The van der Waals surface area contributed by atoms with Gasteiger partial charge in [0.25, 0.3) is 0 Å². The monoisotopic (exact) mass is 277 g/mol. The van der Waals surface area contributed by atoms with Crippen LogP contribution < -0.4 is 0 Å². The summed E-state index contributed by atoms with van der Waals surface area (Å²) in [5, 5.41) is 0. The van der Waals surface area contributed by atoms with Crippen molar-refractivity contribution in [2.24, 2.45) is 0 Å². The third-order valence-corrected chi connectivity index (χ3v) is 4.93. The largest absolute Gasteiger partial charge is 0.303 e. The number of likely N-dealkylation sites (tertiary alicyclic amines) is 1. The molecule has 0 radical (unpaired) electrons. The standard InChI is InChI=1S/C17H27NS/c1(7-13-18-14-8-4-9-15-18)2-10-16-19-17-11-5-3-6-12-17/h3,5-6,11-12H,1-2,4,7-10,13-16H2. The van der Waals surface area contributed by atoms with Crippen LogP contribution in [0.3, 0.4) is 0 Å². The molecule has 1 heterocycles. The van der Waals surface area contributed by atoms with E-state index in [1.165, 1.54) is 75.2 Å². The molecule has 1 aromatic carbocycles. The quantitative estimate of drug-likeness (QED) is 0.495. The summed E-state index contributed by atoms with van der Waals surface area (Å²) < 4.78 is 0. The Balaban J connectivity index is 1.42. The highest BCUT2D eigenvalue weighted by atomic mass is 32.2. The lowest BCUT2D eigenvalue weighted by Gasteiger charge is -2.26. The van der Waals surface area contributed by atoms with Crippen molar-refractivity contribution in [1.82, 2.24) is 4.90 Å². The number of rotatable bonds is 8. The molecule has 0 unspecified atom stereocenters. The molecule has 0 atom stereocenters. The zero-order valence-electron chi connectivity index (χ0n) is 12.0. The first-order valence-corrected chi connectivity index (χ1v) is 8.84. The van der Waals surface area contributed by atoms with Gasteiger partial charge in [-0.3, -0.25) is 0 Å². The van der Waals surface area contributed by atoms with Crippen molar-refractivity contribution < 1.29 is 0 Å². The molecule has 0 aromatic heterocycles. The number of nitrogens with zero attached hydrogens (tertiary/aromatic N) is 1. The van der Waals surface area contributed by atoms with Gasteiger partial charge in [-0.2, -0.15) is 0 Å². The van der Waals surface area contributed by atoms with Gasteiger partial charge < -0.3 is 4.90 Å². The van der Waals surface area contributed by atoms with Gasteiger partial charge in [-0.15, -0.1) is 11.8 Å². The minimum absolute atomic E-state index is 1.27. The normalized spacial score (nSPS) is 16.6. The van der Waals surface area contributed by atoms with Crippen LogP contribution in [-0.2, 0) is 0 Å². The highest BCUT2D eigenvalue weighted by molar-refractivity contribution is 7.99. The van der Waals surface area contributed by atoms with Crippen molar-refractivity contribution in [3.8, 4) is 0 Å². The van der Waals surface area contributed by atoms with E-state index in [1.807, 2.05) is 11.8 Å². The van der Waals surface area contributed by atoms with Gasteiger partial charge in [0, 0.05) is 4.90 Å². The van der Waals surface area contributed by atoms with Crippen LogP contribution in [0.1, 0.15) is 44.9 Å². The second-order valence-electron chi connectivity index (χ2n) is 5.48. The molecule has 1 saturated heterocycles. The maximum Gasteiger partial charge on any atom is 0.00719 e. The van der Waals surface area contributed by atoms with Crippen LogP contribution in [0.25, 0.3) is 0 Å². The second kappa shape index (κ2) is 9.44. The van der Waals surface area contributed by atoms with E-state index in [0.717, 1.165) is 0 Å². The van der Waals surface area contributed by atoms with Crippen LogP contribution >= 0.6 is 11.8 Å². The molecular weight excluding hydrogens is 250 g/mol. The zero-order chi connectivity index (χ0) is 13.2. The fourth-order valence-electron chi connectivity index (χ4n) is 2.68. The Morgan fingerprint density at radius 2 is 1.58 bits per heavy atom. The van der Waals surface area contributed by atoms with Crippen molar-refractivity contribution in [3.05, 3.63) is 30.3 Å². The first kappa shape index (κ1) is 14.9. The zero-order valence-corrected chi connectivity index (χ0v) is 12.8. The number of piperidine rings is 1. The highest BCUT2D eigenvalue weighted by Gasteiger charge is 2.08. The van der Waals surface area contributed by atoms with Crippen LogP contribution in [0.5, 0.6) is 0 Å². The molecular formula is C17H27NS. The SMILES string of the molecule is c1ccc(SCCCCCCN2CCCCC2)cc1. The van der Waals surface area contributed by atoms with E-state index in [4.69, 9.17) is 0 Å². The summed E-state index contributed by atoms with van der Waals surface area (Å²) in [4.78, 5) is 4.07. The Hall–Kier alpha value is -0.470. The van der Waals surface area contributed by atoms with Gasteiger partial charge >= 0.3 is 0 Å². The lowest BCUT2D eigenvalue weighted by Crippen LogP contribution is -2.30. The lowest BCUT2D eigenvalue weighted by molar-refractivity contribution is 0.224. The first-order valence-electron chi connectivity index (χ1n) is 7.85. The molecule has 0 amide bonds. The maximum atomic E-state index is 2.65. The topological polar surface area (TPSA) is 3.24 Å². The lowest BCUT2D eigenvalue weighted by atomic mass is 10.1. The molecule has 19 heavy (non-hydrogen) atoms.